The van der Waals surface area contributed by atoms with E-state index < -0.39 is 11.1 Å². The molecule has 0 saturated heterocycles. The summed E-state index contributed by atoms with van der Waals surface area (Å²) in [5, 5.41) is 0. The summed E-state index contributed by atoms with van der Waals surface area (Å²) in [6.07, 6.45) is 0. The quantitative estimate of drug-likeness (QED) is 0.651. The molecule has 4 nitrogen and oxygen atoms in total. The topological polar surface area (TPSA) is 72.6 Å². The van der Waals surface area contributed by atoms with E-state index in [0.29, 0.717) is 23.6 Å². The number of rotatable bonds is 5. The van der Waals surface area contributed by atoms with Gasteiger partial charge >= 0.3 is 0 Å². The van der Waals surface area contributed by atoms with Crippen LogP contribution in [0.2, 0.25) is 0 Å². The fourth-order valence-electron chi connectivity index (χ4n) is 1.70. The molecule has 19 heavy (non-hydrogen) atoms. The van der Waals surface area contributed by atoms with Crippen LogP contribution in [-0.2, 0) is 23.4 Å². The number of benzene rings is 2. The first-order valence-electron chi connectivity index (χ1n) is 5.78. The molecule has 0 spiro atoms. The second kappa shape index (κ2) is 6.36. The summed E-state index contributed by atoms with van der Waals surface area (Å²) in [6, 6.07) is 14.9. The van der Waals surface area contributed by atoms with Gasteiger partial charge in [0.2, 0.25) is 0 Å². The van der Waals surface area contributed by atoms with Crippen LogP contribution in [0.25, 0.3) is 0 Å². The average molecular weight is 277 g/mol. The third-order valence-electron chi connectivity index (χ3n) is 2.60. The summed E-state index contributed by atoms with van der Waals surface area (Å²) < 4.78 is 25.2. The van der Waals surface area contributed by atoms with Crippen molar-refractivity contribution < 1.29 is 13.5 Å². The van der Waals surface area contributed by atoms with Crippen LogP contribution < -0.4 is 10.5 Å². The van der Waals surface area contributed by atoms with Gasteiger partial charge in [-0.2, -0.15) is 0 Å². The van der Waals surface area contributed by atoms with Crippen molar-refractivity contribution in [2.24, 2.45) is 0 Å². The molecule has 2 aromatic rings. The summed E-state index contributed by atoms with van der Waals surface area (Å²) in [7, 11) is 0. The molecule has 0 amide bonds. The zero-order valence-electron chi connectivity index (χ0n) is 10.3. The maximum Gasteiger partial charge on any atom is 0.157 e. The zero-order valence-corrected chi connectivity index (χ0v) is 11.1. The molecule has 0 saturated carbocycles. The Kier molecular flexibility index (Phi) is 4.54. The Morgan fingerprint density at radius 1 is 1.11 bits per heavy atom. The molecule has 5 heteroatoms. The lowest BCUT2D eigenvalue weighted by molar-refractivity contribution is 0.308. The predicted molar refractivity (Wildman–Crippen MR) is 76.1 cm³/mol. The number of anilines is 1. The molecule has 2 rings (SSSR count). The summed E-state index contributed by atoms with van der Waals surface area (Å²) >= 11 is -1.86. The molecule has 1 unspecified atom stereocenters. The molecule has 0 heterocycles. The van der Waals surface area contributed by atoms with Crippen molar-refractivity contribution in [2.45, 2.75) is 12.4 Å². The van der Waals surface area contributed by atoms with Gasteiger partial charge in [-0.25, -0.2) is 4.21 Å². The van der Waals surface area contributed by atoms with Gasteiger partial charge in [-0.15, -0.1) is 0 Å². The van der Waals surface area contributed by atoms with E-state index in [1.165, 1.54) is 0 Å². The van der Waals surface area contributed by atoms with Gasteiger partial charge in [0.25, 0.3) is 0 Å². The van der Waals surface area contributed by atoms with Crippen LogP contribution in [0.1, 0.15) is 11.1 Å². The molecule has 0 radical (unpaired) electrons. The lowest BCUT2D eigenvalue weighted by atomic mass is 10.2. The highest BCUT2D eigenvalue weighted by Gasteiger charge is 2.04. The molecule has 0 bridgehead atoms. The molecule has 1 atom stereocenters. The summed E-state index contributed by atoms with van der Waals surface area (Å²) in [5.41, 5.74) is 8.10. The van der Waals surface area contributed by atoms with E-state index >= 15 is 0 Å². The van der Waals surface area contributed by atoms with E-state index in [9.17, 15) is 4.21 Å². The molecule has 3 N–H and O–H groups in total. The minimum Gasteiger partial charge on any atom is -0.487 e. The molecular formula is C14H15NO3S. The highest BCUT2D eigenvalue weighted by Crippen LogP contribution is 2.24. The van der Waals surface area contributed by atoms with Crippen molar-refractivity contribution in [2.75, 3.05) is 5.73 Å². The van der Waals surface area contributed by atoms with Gasteiger partial charge in [-0.3, -0.25) is 0 Å². The molecule has 0 fully saturated rings. The largest absolute Gasteiger partial charge is 0.487 e. The van der Waals surface area contributed by atoms with E-state index in [0.717, 1.165) is 5.56 Å². The smallest absolute Gasteiger partial charge is 0.157 e. The third-order valence-corrected chi connectivity index (χ3v) is 3.18. The van der Waals surface area contributed by atoms with E-state index in [2.05, 4.69) is 0 Å². The van der Waals surface area contributed by atoms with Crippen LogP contribution in [-0.4, -0.2) is 8.76 Å². The van der Waals surface area contributed by atoms with E-state index in [1.807, 2.05) is 30.3 Å². The Morgan fingerprint density at radius 2 is 1.84 bits per heavy atom. The SMILES string of the molecule is Nc1cc(CS(=O)O)ccc1OCc1ccccc1. The lowest BCUT2D eigenvalue weighted by Crippen LogP contribution is -2.00. The van der Waals surface area contributed by atoms with Gasteiger partial charge in [-0.1, -0.05) is 36.4 Å². The zero-order chi connectivity index (χ0) is 13.7. The van der Waals surface area contributed by atoms with Gasteiger partial charge in [0.15, 0.2) is 11.1 Å². The summed E-state index contributed by atoms with van der Waals surface area (Å²) in [4.78, 5) is 0. The number of hydrogen-bond donors (Lipinski definition) is 2. The van der Waals surface area contributed by atoms with Crippen molar-refractivity contribution in [3.63, 3.8) is 0 Å². The van der Waals surface area contributed by atoms with Gasteiger partial charge in [0.05, 0.1) is 11.4 Å². The van der Waals surface area contributed by atoms with Crippen LogP contribution in [0.5, 0.6) is 5.75 Å². The van der Waals surface area contributed by atoms with Gasteiger partial charge in [-0.05, 0) is 23.3 Å². The van der Waals surface area contributed by atoms with Crippen LogP contribution in [0.4, 0.5) is 5.69 Å². The van der Waals surface area contributed by atoms with E-state index in [4.69, 9.17) is 15.0 Å². The Labute approximate surface area is 114 Å². The molecule has 0 aliphatic heterocycles. The van der Waals surface area contributed by atoms with Crippen molar-refractivity contribution in [3.05, 3.63) is 59.7 Å². The fraction of sp³-hybridized carbons (Fsp3) is 0.143. The van der Waals surface area contributed by atoms with Crippen LogP contribution in [0.15, 0.2) is 48.5 Å². The normalized spacial score (nSPS) is 12.1. The van der Waals surface area contributed by atoms with Crippen LogP contribution >= 0.6 is 0 Å². The minimum absolute atomic E-state index is 0.0726. The highest BCUT2D eigenvalue weighted by molar-refractivity contribution is 7.78. The highest BCUT2D eigenvalue weighted by atomic mass is 32.2. The molecule has 100 valence electrons. The molecule has 0 aliphatic carbocycles. The van der Waals surface area contributed by atoms with Crippen LogP contribution in [0.3, 0.4) is 0 Å². The van der Waals surface area contributed by atoms with Gasteiger partial charge in [0.1, 0.15) is 12.4 Å². The monoisotopic (exact) mass is 277 g/mol. The number of ether oxygens (including phenoxy) is 1. The second-order valence-electron chi connectivity index (χ2n) is 4.11. The van der Waals surface area contributed by atoms with Crippen LogP contribution in [0, 0.1) is 0 Å². The molecular weight excluding hydrogens is 262 g/mol. The Hall–Kier alpha value is -1.85. The fourth-order valence-corrected chi connectivity index (χ4v) is 2.16. The summed E-state index contributed by atoms with van der Waals surface area (Å²) in [6.45, 7) is 0.441. The number of nitrogen functional groups attached to an aromatic ring is 1. The Bertz CT molecular complexity index is 572. The lowest BCUT2D eigenvalue weighted by Gasteiger charge is -2.10. The first kappa shape index (κ1) is 13.6. The maximum atomic E-state index is 10.7. The summed E-state index contributed by atoms with van der Waals surface area (Å²) in [5.74, 6) is 0.653. The van der Waals surface area contributed by atoms with Crippen molar-refractivity contribution >= 4 is 16.8 Å². The van der Waals surface area contributed by atoms with E-state index in [-0.39, 0.29) is 5.75 Å². The number of nitrogens with two attached hydrogens (primary N) is 1. The Morgan fingerprint density at radius 3 is 2.47 bits per heavy atom. The van der Waals surface area contributed by atoms with Crippen molar-refractivity contribution in [1.82, 2.24) is 0 Å². The van der Waals surface area contributed by atoms with E-state index in [1.54, 1.807) is 18.2 Å². The first-order valence-corrected chi connectivity index (χ1v) is 7.05. The second-order valence-corrected chi connectivity index (χ2v) is 5.04. The molecule has 2 aromatic carbocycles. The Balaban J connectivity index is 2.03. The molecule has 0 aliphatic rings. The van der Waals surface area contributed by atoms with Crippen molar-refractivity contribution in [3.8, 4) is 5.75 Å². The number of hydrogen-bond acceptors (Lipinski definition) is 3. The minimum atomic E-state index is -1.86. The third kappa shape index (κ3) is 4.08. The first-order chi connectivity index (χ1) is 9.15. The standard InChI is InChI=1S/C14H15NO3S/c15-13-8-12(10-19(16)17)6-7-14(13)18-9-11-4-2-1-3-5-11/h1-8H,9-10,15H2,(H,16,17). The van der Waals surface area contributed by atoms with Gasteiger partial charge < -0.3 is 15.0 Å². The molecule has 0 aromatic heterocycles. The van der Waals surface area contributed by atoms with Gasteiger partial charge in [0, 0.05) is 0 Å². The maximum absolute atomic E-state index is 10.7. The average Bonchev–Trinajstić information content (AvgIpc) is 2.38. The van der Waals surface area contributed by atoms with Crippen molar-refractivity contribution in [1.29, 1.82) is 0 Å². The predicted octanol–water partition coefficient (Wildman–Crippen LogP) is 2.57.